The zero-order chi connectivity index (χ0) is 24.0. The SMILES string of the molecule is c1ccc(OC(Oc2ccccc2)[SiH2]CCC[SiH2]C(Oc2ccccc2)Oc2ccccc2)cc1. The zero-order valence-electron chi connectivity index (χ0n) is 19.9. The van der Waals surface area contributed by atoms with E-state index in [4.69, 9.17) is 18.9 Å². The Balaban J connectivity index is 1.28. The lowest BCUT2D eigenvalue weighted by Crippen LogP contribution is -2.32. The van der Waals surface area contributed by atoms with Crippen LogP contribution in [0.5, 0.6) is 23.0 Å². The van der Waals surface area contributed by atoms with Gasteiger partial charge in [0.25, 0.3) is 0 Å². The standard InChI is InChI=1S/C29H32O4Si2/c1-5-14-24(15-6-1)30-28(31-25-16-7-2-8-17-25)34-22-13-23-35-29(32-26-18-9-3-10-19-26)33-27-20-11-4-12-21-27/h1-12,14-21,28-29H,13,22-23,34-35H2. The van der Waals surface area contributed by atoms with E-state index in [9.17, 15) is 0 Å². The van der Waals surface area contributed by atoms with E-state index in [1.807, 2.05) is 121 Å². The Hall–Kier alpha value is -3.49. The van der Waals surface area contributed by atoms with Crippen LogP contribution in [0.1, 0.15) is 6.42 Å². The van der Waals surface area contributed by atoms with Crippen LogP contribution in [0.3, 0.4) is 0 Å². The van der Waals surface area contributed by atoms with Gasteiger partial charge in [-0.2, -0.15) is 0 Å². The van der Waals surface area contributed by atoms with Crippen molar-refractivity contribution in [1.29, 1.82) is 0 Å². The molecular formula is C29H32O4Si2. The van der Waals surface area contributed by atoms with E-state index in [-0.39, 0.29) is 11.8 Å². The summed E-state index contributed by atoms with van der Waals surface area (Å²) in [5, 5.41) is 0. The van der Waals surface area contributed by atoms with Gasteiger partial charge < -0.3 is 18.9 Å². The van der Waals surface area contributed by atoms with E-state index in [1.54, 1.807) is 0 Å². The molecule has 0 bridgehead atoms. The predicted octanol–water partition coefficient (Wildman–Crippen LogP) is 5.43. The van der Waals surface area contributed by atoms with Crippen molar-refractivity contribution >= 4 is 19.0 Å². The van der Waals surface area contributed by atoms with Gasteiger partial charge in [0.1, 0.15) is 42.0 Å². The normalized spacial score (nSPS) is 11.5. The van der Waals surface area contributed by atoms with Gasteiger partial charge in [-0.25, -0.2) is 0 Å². The molecule has 0 aliphatic carbocycles. The van der Waals surface area contributed by atoms with Crippen molar-refractivity contribution in [1.82, 2.24) is 0 Å². The monoisotopic (exact) mass is 500 g/mol. The van der Waals surface area contributed by atoms with E-state index in [0.717, 1.165) is 41.5 Å². The van der Waals surface area contributed by atoms with Crippen LogP contribution in [-0.4, -0.2) is 30.9 Å². The van der Waals surface area contributed by atoms with Crippen molar-refractivity contribution in [3.8, 4) is 23.0 Å². The Morgan fingerprint density at radius 2 is 0.657 bits per heavy atom. The van der Waals surface area contributed by atoms with Crippen molar-refractivity contribution in [2.45, 2.75) is 30.3 Å². The molecule has 35 heavy (non-hydrogen) atoms. The van der Waals surface area contributed by atoms with E-state index in [0.29, 0.717) is 0 Å². The highest BCUT2D eigenvalue weighted by Gasteiger charge is 2.16. The molecule has 0 aliphatic rings. The third-order valence-electron chi connectivity index (χ3n) is 5.42. The first-order valence-electron chi connectivity index (χ1n) is 12.2. The topological polar surface area (TPSA) is 36.9 Å². The van der Waals surface area contributed by atoms with Crippen LogP contribution in [0.15, 0.2) is 121 Å². The molecule has 0 spiro atoms. The van der Waals surface area contributed by atoms with Crippen LogP contribution in [0.25, 0.3) is 0 Å². The average molecular weight is 501 g/mol. The zero-order valence-corrected chi connectivity index (χ0v) is 22.7. The second-order valence-corrected chi connectivity index (χ2v) is 12.1. The lowest BCUT2D eigenvalue weighted by Gasteiger charge is -2.22. The van der Waals surface area contributed by atoms with Crippen LogP contribution in [0.2, 0.25) is 12.1 Å². The molecule has 0 amide bonds. The lowest BCUT2D eigenvalue weighted by atomic mass is 10.3. The van der Waals surface area contributed by atoms with Crippen molar-refractivity contribution < 1.29 is 18.9 Å². The Morgan fingerprint density at radius 3 is 0.914 bits per heavy atom. The summed E-state index contributed by atoms with van der Waals surface area (Å²) >= 11 is 0. The Kier molecular flexibility index (Phi) is 9.88. The average Bonchev–Trinajstić information content (AvgIpc) is 2.91. The van der Waals surface area contributed by atoms with Crippen LogP contribution in [0.4, 0.5) is 0 Å². The summed E-state index contributed by atoms with van der Waals surface area (Å²) in [6.07, 6.45) is 1.14. The minimum atomic E-state index is -0.625. The van der Waals surface area contributed by atoms with Gasteiger partial charge in [0, 0.05) is 0 Å². The molecular weight excluding hydrogens is 468 g/mol. The Morgan fingerprint density at radius 1 is 0.400 bits per heavy atom. The van der Waals surface area contributed by atoms with Crippen molar-refractivity contribution in [3.63, 3.8) is 0 Å². The maximum atomic E-state index is 6.21. The third kappa shape index (κ3) is 9.00. The molecule has 0 N–H and O–H groups in total. The second-order valence-electron chi connectivity index (χ2n) is 8.22. The van der Waals surface area contributed by atoms with Gasteiger partial charge in [0.2, 0.25) is 11.8 Å². The van der Waals surface area contributed by atoms with Crippen molar-refractivity contribution in [3.05, 3.63) is 121 Å². The van der Waals surface area contributed by atoms with Gasteiger partial charge in [-0.1, -0.05) is 91.3 Å². The fourth-order valence-corrected chi connectivity index (χ4v) is 7.59. The first-order chi connectivity index (χ1) is 17.3. The van der Waals surface area contributed by atoms with Gasteiger partial charge in [0.05, 0.1) is 0 Å². The van der Waals surface area contributed by atoms with Gasteiger partial charge in [-0.05, 0) is 48.5 Å². The molecule has 4 aromatic carbocycles. The summed E-state index contributed by atoms with van der Waals surface area (Å²) in [5.41, 5.74) is 0. The van der Waals surface area contributed by atoms with Crippen LogP contribution in [-0.2, 0) is 0 Å². The van der Waals surface area contributed by atoms with Crippen molar-refractivity contribution in [2.75, 3.05) is 0 Å². The van der Waals surface area contributed by atoms with E-state index in [2.05, 4.69) is 0 Å². The molecule has 4 aromatic rings. The molecule has 180 valence electrons. The summed E-state index contributed by atoms with van der Waals surface area (Å²) in [6, 6.07) is 42.0. The number of hydrogen-bond donors (Lipinski definition) is 0. The molecule has 0 saturated carbocycles. The summed E-state index contributed by atoms with van der Waals surface area (Å²) in [6.45, 7) is 0. The van der Waals surface area contributed by atoms with E-state index < -0.39 is 19.0 Å². The van der Waals surface area contributed by atoms with Gasteiger partial charge in [-0.15, -0.1) is 0 Å². The van der Waals surface area contributed by atoms with Gasteiger partial charge in [-0.3, -0.25) is 0 Å². The fourth-order valence-electron chi connectivity index (χ4n) is 3.69. The third-order valence-corrected chi connectivity index (χ3v) is 8.85. The van der Waals surface area contributed by atoms with E-state index >= 15 is 0 Å². The number of rotatable bonds is 14. The highest BCUT2D eigenvalue weighted by molar-refractivity contribution is 6.38. The first kappa shape index (κ1) is 24.6. The molecule has 0 atom stereocenters. The minimum absolute atomic E-state index is 0.196. The van der Waals surface area contributed by atoms with Crippen LogP contribution in [0, 0.1) is 0 Å². The number of para-hydroxylation sites is 4. The van der Waals surface area contributed by atoms with Gasteiger partial charge >= 0.3 is 0 Å². The molecule has 0 aliphatic heterocycles. The number of hydrogen-bond acceptors (Lipinski definition) is 4. The predicted molar refractivity (Wildman–Crippen MR) is 147 cm³/mol. The van der Waals surface area contributed by atoms with Crippen LogP contribution < -0.4 is 18.9 Å². The van der Waals surface area contributed by atoms with Crippen molar-refractivity contribution in [2.24, 2.45) is 0 Å². The quantitative estimate of drug-likeness (QED) is 0.131. The largest absolute Gasteiger partial charge is 0.460 e. The second kappa shape index (κ2) is 14.0. The molecule has 0 unspecified atom stereocenters. The maximum absolute atomic E-state index is 6.21. The summed E-state index contributed by atoms with van der Waals surface area (Å²) in [4.78, 5) is 0. The lowest BCUT2D eigenvalue weighted by molar-refractivity contribution is 0.0728. The smallest absolute Gasteiger partial charge is 0.212 e. The Labute approximate surface area is 212 Å². The van der Waals surface area contributed by atoms with Gasteiger partial charge in [0.15, 0.2) is 0 Å². The van der Waals surface area contributed by atoms with Crippen LogP contribution >= 0.6 is 0 Å². The molecule has 0 radical (unpaired) electrons. The molecule has 4 rings (SSSR count). The molecule has 0 fully saturated rings. The van der Waals surface area contributed by atoms with E-state index in [1.165, 1.54) is 0 Å². The summed E-state index contributed by atoms with van der Waals surface area (Å²) in [5.74, 6) is 3.01. The first-order valence-corrected chi connectivity index (χ1v) is 15.9. The fraction of sp³-hybridized carbons (Fsp3) is 0.172. The maximum Gasteiger partial charge on any atom is 0.212 e. The highest BCUT2D eigenvalue weighted by Crippen LogP contribution is 2.18. The Bertz CT molecular complexity index is 911. The molecule has 0 heterocycles. The highest BCUT2D eigenvalue weighted by atomic mass is 28.2. The molecule has 4 nitrogen and oxygen atoms in total. The molecule has 0 aromatic heterocycles. The number of ether oxygens (including phenoxy) is 4. The minimum Gasteiger partial charge on any atom is -0.460 e. The summed E-state index contributed by atoms with van der Waals surface area (Å²) in [7, 11) is -1.25. The molecule has 0 saturated heterocycles. The summed E-state index contributed by atoms with van der Waals surface area (Å²) < 4.78 is 24.8. The number of benzene rings is 4. The molecule has 6 heteroatoms.